The van der Waals surface area contributed by atoms with Gasteiger partial charge >= 0.3 is 0 Å². The third kappa shape index (κ3) is 2.57. The Morgan fingerprint density at radius 1 is 1.54 bits per heavy atom. The second-order valence-electron chi connectivity index (χ2n) is 2.41. The van der Waals surface area contributed by atoms with Crippen LogP contribution in [0.25, 0.3) is 6.08 Å². The fourth-order valence-corrected chi connectivity index (χ4v) is 1.08. The Bertz CT molecular complexity index is 366. The maximum atomic E-state index is 12.9. The molecule has 0 heterocycles. The summed E-state index contributed by atoms with van der Waals surface area (Å²) in [5.41, 5.74) is 0.594. The molecule has 0 saturated carbocycles. The number of hydrogen-bond acceptors (Lipinski definition) is 1. The molecule has 0 amide bonds. The highest BCUT2D eigenvalue weighted by Gasteiger charge is 2.01. The molecule has 0 N–H and O–H groups in total. The molecule has 0 radical (unpaired) electrons. The van der Waals surface area contributed by atoms with E-state index >= 15 is 0 Å². The lowest BCUT2D eigenvalue weighted by Crippen LogP contribution is -1.80. The first kappa shape index (κ1) is 9.76. The van der Waals surface area contributed by atoms with Gasteiger partial charge in [0.1, 0.15) is 5.82 Å². The van der Waals surface area contributed by atoms with E-state index in [1.807, 2.05) is 6.07 Å². The number of nitrogens with zero attached hydrogens (tertiary/aromatic N) is 1. The summed E-state index contributed by atoms with van der Waals surface area (Å²) >= 11 is 5.66. The van der Waals surface area contributed by atoms with E-state index in [0.717, 1.165) is 0 Å². The van der Waals surface area contributed by atoms with Crippen molar-refractivity contribution in [2.45, 2.75) is 6.42 Å². The molecule has 0 spiro atoms. The van der Waals surface area contributed by atoms with Crippen molar-refractivity contribution in [3.63, 3.8) is 0 Å². The van der Waals surface area contributed by atoms with Gasteiger partial charge < -0.3 is 0 Å². The molecule has 1 aromatic carbocycles. The molecular formula is C10H7ClFN. The summed E-state index contributed by atoms with van der Waals surface area (Å²) in [6, 6.07) is 6.51. The summed E-state index contributed by atoms with van der Waals surface area (Å²) in [6.45, 7) is 0. The molecule has 0 saturated heterocycles. The average molecular weight is 196 g/mol. The van der Waals surface area contributed by atoms with Gasteiger partial charge in [0.25, 0.3) is 0 Å². The van der Waals surface area contributed by atoms with Gasteiger partial charge in [-0.05, 0) is 11.6 Å². The van der Waals surface area contributed by atoms with Crippen LogP contribution < -0.4 is 0 Å². The van der Waals surface area contributed by atoms with Crippen LogP contribution in [0.4, 0.5) is 4.39 Å². The monoisotopic (exact) mass is 195 g/mol. The Balaban J connectivity index is 2.90. The van der Waals surface area contributed by atoms with Crippen molar-refractivity contribution < 1.29 is 4.39 Å². The van der Waals surface area contributed by atoms with E-state index in [1.54, 1.807) is 24.3 Å². The van der Waals surface area contributed by atoms with Gasteiger partial charge in [-0.2, -0.15) is 5.26 Å². The van der Waals surface area contributed by atoms with Gasteiger partial charge in [-0.25, -0.2) is 4.39 Å². The molecule has 0 fully saturated rings. The maximum Gasteiger partial charge on any atom is 0.142 e. The number of hydrogen-bond donors (Lipinski definition) is 0. The van der Waals surface area contributed by atoms with E-state index in [-0.39, 0.29) is 5.02 Å². The van der Waals surface area contributed by atoms with Gasteiger partial charge in [0, 0.05) is 0 Å². The molecule has 0 aliphatic carbocycles. The first-order chi connectivity index (χ1) is 6.25. The summed E-state index contributed by atoms with van der Waals surface area (Å²) in [7, 11) is 0. The zero-order chi connectivity index (χ0) is 9.68. The number of nitriles is 1. The van der Waals surface area contributed by atoms with Gasteiger partial charge in [-0.15, -0.1) is 0 Å². The van der Waals surface area contributed by atoms with Crippen LogP contribution in [-0.4, -0.2) is 0 Å². The van der Waals surface area contributed by atoms with Gasteiger partial charge in [0.15, 0.2) is 0 Å². The molecule has 66 valence electrons. The Morgan fingerprint density at radius 2 is 2.31 bits per heavy atom. The first-order valence-electron chi connectivity index (χ1n) is 3.73. The predicted molar refractivity (Wildman–Crippen MR) is 50.7 cm³/mol. The molecule has 0 unspecified atom stereocenters. The SMILES string of the molecule is N#CCC=Cc1cccc(F)c1Cl. The average Bonchev–Trinajstić information content (AvgIpc) is 2.13. The van der Waals surface area contributed by atoms with E-state index in [1.165, 1.54) is 6.07 Å². The molecule has 0 aliphatic heterocycles. The Kier molecular flexibility index (Phi) is 3.48. The van der Waals surface area contributed by atoms with Gasteiger partial charge in [-0.1, -0.05) is 35.9 Å². The van der Waals surface area contributed by atoms with Crippen LogP contribution in [0.2, 0.25) is 5.02 Å². The quantitative estimate of drug-likeness (QED) is 0.710. The number of allylic oxidation sites excluding steroid dienone is 1. The second-order valence-corrected chi connectivity index (χ2v) is 2.79. The summed E-state index contributed by atoms with van der Waals surface area (Å²) in [5.74, 6) is -0.444. The molecule has 0 bridgehead atoms. The number of halogens is 2. The third-order valence-corrected chi connectivity index (χ3v) is 1.89. The van der Waals surface area contributed by atoms with E-state index in [0.29, 0.717) is 12.0 Å². The highest BCUT2D eigenvalue weighted by atomic mass is 35.5. The van der Waals surface area contributed by atoms with Crippen molar-refractivity contribution in [1.82, 2.24) is 0 Å². The highest BCUT2D eigenvalue weighted by molar-refractivity contribution is 6.32. The number of rotatable bonds is 2. The molecule has 0 aliphatic rings. The topological polar surface area (TPSA) is 23.8 Å². The maximum absolute atomic E-state index is 12.9. The smallest absolute Gasteiger partial charge is 0.142 e. The molecule has 1 aromatic rings. The first-order valence-corrected chi connectivity index (χ1v) is 4.11. The van der Waals surface area contributed by atoms with E-state index in [9.17, 15) is 4.39 Å². The molecule has 1 rings (SSSR count). The normalized spacial score (nSPS) is 10.2. The van der Waals surface area contributed by atoms with Gasteiger partial charge in [0.2, 0.25) is 0 Å². The standard InChI is InChI=1S/C10H7ClFN/c11-10-8(4-1-2-7-13)5-3-6-9(10)12/h1,3-6H,2H2. The van der Waals surface area contributed by atoms with Gasteiger partial charge in [-0.3, -0.25) is 0 Å². The third-order valence-electron chi connectivity index (χ3n) is 1.49. The van der Waals surface area contributed by atoms with Crippen molar-refractivity contribution in [3.05, 3.63) is 40.7 Å². The summed E-state index contributed by atoms with van der Waals surface area (Å²) in [5, 5.41) is 8.35. The zero-order valence-corrected chi connectivity index (χ0v) is 7.55. The Labute approximate surface area is 81.1 Å². The number of benzene rings is 1. The van der Waals surface area contributed by atoms with Gasteiger partial charge in [0.05, 0.1) is 17.5 Å². The van der Waals surface area contributed by atoms with E-state index in [2.05, 4.69) is 0 Å². The molecule has 13 heavy (non-hydrogen) atoms. The summed E-state index contributed by atoms with van der Waals surface area (Å²) in [6.07, 6.45) is 3.57. The van der Waals surface area contributed by atoms with Crippen LogP contribution in [0.15, 0.2) is 24.3 Å². The van der Waals surface area contributed by atoms with Crippen LogP contribution in [0.3, 0.4) is 0 Å². The largest absolute Gasteiger partial charge is 0.205 e. The second kappa shape index (κ2) is 4.64. The van der Waals surface area contributed by atoms with Crippen molar-refractivity contribution in [3.8, 4) is 6.07 Å². The molecule has 3 heteroatoms. The molecular weight excluding hydrogens is 189 g/mol. The molecule has 1 nitrogen and oxygen atoms in total. The lowest BCUT2D eigenvalue weighted by Gasteiger charge is -1.97. The van der Waals surface area contributed by atoms with Crippen LogP contribution in [0.5, 0.6) is 0 Å². The predicted octanol–water partition coefficient (Wildman–Crippen LogP) is 3.41. The lowest BCUT2D eigenvalue weighted by atomic mass is 10.2. The van der Waals surface area contributed by atoms with Crippen molar-refractivity contribution >= 4 is 17.7 Å². The fraction of sp³-hybridized carbons (Fsp3) is 0.100. The minimum absolute atomic E-state index is 0.0942. The fourth-order valence-electron chi connectivity index (χ4n) is 0.888. The Morgan fingerprint density at radius 3 is 3.00 bits per heavy atom. The molecule has 0 atom stereocenters. The van der Waals surface area contributed by atoms with Crippen molar-refractivity contribution in [2.75, 3.05) is 0 Å². The summed E-state index contributed by atoms with van der Waals surface area (Å²) < 4.78 is 12.9. The summed E-state index contributed by atoms with van der Waals surface area (Å²) in [4.78, 5) is 0. The highest BCUT2D eigenvalue weighted by Crippen LogP contribution is 2.20. The zero-order valence-electron chi connectivity index (χ0n) is 6.80. The molecule has 0 aromatic heterocycles. The van der Waals surface area contributed by atoms with Crippen LogP contribution in [0, 0.1) is 17.1 Å². The Hall–Kier alpha value is -1.33. The van der Waals surface area contributed by atoms with Crippen LogP contribution in [0.1, 0.15) is 12.0 Å². The van der Waals surface area contributed by atoms with Crippen LogP contribution >= 0.6 is 11.6 Å². The minimum atomic E-state index is -0.444. The van der Waals surface area contributed by atoms with E-state index < -0.39 is 5.82 Å². The minimum Gasteiger partial charge on any atom is -0.205 e. The van der Waals surface area contributed by atoms with Crippen LogP contribution in [-0.2, 0) is 0 Å². The van der Waals surface area contributed by atoms with Crippen molar-refractivity contribution in [1.29, 1.82) is 5.26 Å². The van der Waals surface area contributed by atoms with Crippen molar-refractivity contribution in [2.24, 2.45) is 0 Å². The van der Waals surface area contributed by atoms with E-state index in [4.69, 9.17) is 16.9 Å². The lowest BCUT2D eigenvalue weighted by molar-refractivity contribution is 0.628.